The smallest absolute Gasteiger partial charge is 0.251 e. The molecule has 2 aromatic rings. The number of nitrogens with one attached hydrogen (secondary N) is 1. The maximum Gasteiger partial charge on any atom is 0.251 e. The summed E-state index contributed by atoms with van der Waals surface area (Å²) < 4.78 is 25.2. The number of sulfonamides is 1. The number of thiophene rings is 1. The molecule has 1 aromatic carbocycles. The molecule has 1 aromatic heterocycles. The maximum atomic E-state index is 12.8. The molecule has 0 radical (unpaired) electrons. The van der Waals surface area contributed by atoms with E-state index in [9.17, 15) is 13.2 Å². The summed E-state index contributed by atoms with van der Waals surface area (Å²) >= 11 is 1.73. The SMILES string of the molecule is CS(=O)(=O)N1CCc2cc(C(=O)NC[C@H](c3cccs3)N3CCCC3)ccc21. The van der Waals surface area contributed by atoms with Crippen LogP contribution in [0.15, 0.2) is 35.7 Å². The topological polar surface area (TPSA) is 69.7 Å². The van der Waals surface area contributed by atoms with E-state index in [-0.39, 0.29) is 11.9 Å². The lowest BCUT2D eigenvalue weighted by atomic mass is 10.1. The van der Waals surface area contributed by atoms with Gasteiger partial charge >= 0.3 is 0 Å². The highest BCUT2D eigenvalue weighted by Crippen LogP contribution is 2.31. The van der Waals surface area contributed by atoms with E-state index >= 15 is 0 Å². The number of anilines is 1. The van der Waals surface area contributed by atoms with Crippen molar-refractivity contribution in [3.8, 4) is 0 Å². The van der Waals surface area contributed by atoms with E-state index in [1.54, 1.807) is 23.5 Å². The van der Waals surface area contributed by atoms with Gasteiger partial charge in [-0.3, -0.25) is 14.0 Å². The average Bonchev–Trinajstić information content (AvgIpc) is 3.41. The Hall–Kier alpha value is -1.90. The number of carbonyl (C=O) groups excluding carboxylic acids is 1. The van der Waals surface area contributed by atoms with E-state index in [2.05, 4.69) is 27.7 Å². The molecule has 2 aliphatic heterocycles. The van der Waals surface area contributed by atoms with Crippen molar-refractivity contribution in [2.24, 2.45) is 0 Å². The lowest BCUT2D eigenvalue weighted by Gasteiger charge is -2.27. The van der Waals surface area contributed by atoms with Gasteiger partial charge in [-0.1, -0.05) is 6.07 Å². The van der Waals surface area contributed by atoms with E-state index < -0.39 is 10.0 Å². The van der Waals surface area contributed by atoms with Crippen LogP contribution in [0.2, 0.25) is 0 Å². The molecule has 0 bridgehead atoms. The predicted octanol–water partition coefficient (Wildman–Crippen LogP) is 2.64. The van der Waals surface area contributed by atoms with Crippen LogP contribution in [-0.4, -0.2) is 51.7 Å². The second kappa shape index (κ2) is 7.85. The zero-order chi connectivity index (χ0) is 19.7. The number of likely N-dealkylation sites (tertiary alicyclic amines) is 1. The fourth-order valence-corrected chi connectivity index (χ4v) is 5.91. The Morgan fingerprint density at radius 2 is 2.00 bits per heavy atom. The molecule has 0 saturated carbocycles. The normalized spacial score (nSPS) is 18.2. The minimum atomic E-state index is -3.28. The zero-order valence-corrected chi connectivity index (χ0v) is 17.6. The molecular formula is C20H25N3O3S2. The molecule has 1 fully saturated rings. The van der Waals surface area contributed by atoms with Gasteiger partial charge in [-0.05, 0) is 67.6 Å². The van der Waals surface area contributed by atoms with Gasteiger partial charge in [0.15, 0.2) is 0 Å². The summed E-state index contributed by atoms with van der Waals surface area (Å²) in [5, 5.41) is 5.17. The van der Waals surface area contributed by atoms with Crippen LogP contribution in [0.25, 0.3) is 0 Å². The van der Waals surface area contributed by atoms with Crippen LogP contribution >= 0.6 is 11.3 Å². The lowest BCUT2D eigenvalue weighted by molar-refractivity contribution is 0.0938. The molecule has 150 valence electrons. The third-order valence-electron chi connectivity index (χ3n) is 5.50. The number of carbonyl (C=O) groups is 1. The van der Waals surface area contributed by atoms with Crippen LogP contribution in [0.4, 0.5) is 5.69 Å². The summed E-state index contributed by atoms with van der Waals surface area (Å²) in [7, 11) is -3.28. The van der Waals surface area contributed by atoms with Crippen molar-refractivity contribution in [3.05, 3.63) is 51.7 Å². The number of nitrogens with zero attached hydrogens (tertiary/aromatic N) is 2. The number of rotatable bonds is 6. The molecule has 28 heavy (non-hydrogen) atoms. The molecule has 1 saturated heterocycles. The van der Waals surface area contributed by atoms with Gasteiger partial charge in [0.05, 0.1) is 18.0 Å². The Morgan fingerprint density at radius 3 is 2.68 bits per heavy atom. The van der Waals surface area contributed by atoms with Gasteiger partial charge in [-0.15, -0.1) is 11.3 Å². The third-order valence-corrected chi connectivity index (χ3v) is 7.66. The Bertz CT molecular complexity index is 951. The van der Waals surface area contributed by atoms with Crippen molar-refractivity contribution >= 4 is 33.0 Å². The van der Waals surface area contributed by atoms with Crippen LogP contribution in [-0.2, 0) is 16.4 Å². The number of fused-ring (bicyclic) bond motifs is 1. The van der Waals surface area contributed by atoms with Gasteiger partial charge in [-0.25, -0.2) is 8.42 Å². The Labute approximate surface area is 170 Å². The van der Waals surface area contributed by atoms with Crippen molar-refractivity contribution in [2.75, 3.05) is 36.7 Å². The van der Waals surface area contributed by atoms with Crippen LogP contribution < -0.4 is 9.62 Å². The molecule has 6 nitrogen and oxygen atoms in total. The lowest BCUT2D eigenvalue weighted by Crippen LogP contribution is -2.36. The third kappa shape index (κ3) is 3.94. The fourth-order valence-electron chi connectivity index (χ4n) is 4.09. The minimum absolute atomic E-state index is 0.110. The van der Waals surface area contributed by atoms with Crippen molar-refractivity contribution in [1.29, 1.82) is 0 Å². The molecule has 0 unspecified atom stereocenters. The van der Waals surface area contributed by atoms with E-state index in [1.807, 2.05) is 6.07 Å². The number of benzene rings is 1. The van der Waals surface area contributed by atoms with Crippen molar-refractivity contribution in [2.45, 2.75) is 25.3 Å². The summed E-state index contributed by atoms with van der Waals surface area (Å²) in [6, 6.07) is 9.68. The Morgan fingerprint density at radius 1 is 1.21 bits per heavy atom. The van der Waals surface area contributed by atoms with Crippen LogP contribution in [0, 0.1) is 0 Å². The van der Waals surface area contributed by atoms with Crippen molar-refractivity contribution < 1.29 is 13.2 Å². The highest BCUT2D eigenvalue weighted by atomic mass is 32.2. The fraction of sp³-hybridized carbons (Fsp3) is 0.450. The van der Waals surface area contributed by atoms with Crippen LogP contribution in [0.5, 0.6) is 0 Å². The molecule has 8 heteroatoms. The molecule has 1 atom stereocenters. The number of hydrogen-bond donors (Lipinski definition) is 1. The Kier molecular flexibility index (Phi) is 5.44. The summed E-state index contributed by atoms with van der Waals surface area (Å²) in [5.41, 5.74) is 2.18. The van der Waals surface area contributed by atoms with Crippen molar-refractivity contribution in [3.63, 3.8) is 0 Å². The van der Waals surface area contributed by atoms with Gasteiger partial charge < -0.3 is 5.32 Å². The van der Waals surface area contributed by atoms with E-state index in [0.717, 1.165) is 18.7 Å². The van der Waals surface area contributed by atoms with Crippen LogP contribution in [0.3, 0.4) is 0 Å². The number of hydrogen-bond acceptors (Lipinski definition) is 5. The molecular weight excluding hydrogens is 394 g/mol. The molecule has 0 spiro atoms. The summed E-state index contributed by atoms with van der Waals surface area (Å²) in [6.07, 6.45) is 4.26. The predicted molar refractivity (Wildman–Crippen MR) is 113 cm³/mol. The van der Waals surface area contributed by atoms with Gasteiger partial charge in [0, 0.05) is 23.5 Å². The summed E-state index contributed by atoms with van der Waals surface area (Å²) in [6.45, 7) is 3.15. The second-order valence-corrected chi connectivity index (χ2v) is 10.3. The van der Waals surface area contributed by atoms with Gasteiger partial charge in [-0.2, -0.15) is 0 Å². The van der Waals surface area contributed by atoms with Gasteiger partial charge in [0.25, 0.3) is 5.91 Å². The minimum Gasteiger partial charge on any atom is -0.350 e. The summed E-state index contributed by atoms with van der Waals surface area (Å²) in [5.74, 6) is -0.110. The van der Waals surface area contributed by atoms with Gasteiger partial charge in [0.1, 0.15) is 0 Å². The molecule has 2 aliphatic rings. The number of amides is 1. The highest BCUT2D eigenvalue weighted by molar-refractivity contribution is 7.92. The quantitative estimate of drug-likeness (QED) is 0.782. The molecule has 1 amide bonds. The monoisotopic (exact) mass is 419 g/mol. The maximum absolute atomic E-state index is 12.8. The van der Waals surface area contributed by atoms with E-state index in [0.29, 0.717) is 30.8 Å². The van der Waals surface area contributed by atoms with Crippen LogP contribution in [0.1, 0.15) is 39.7 Å². The largest absolute Gasteiger partial charge is 0.350 e. The average molecular weight is 420 g/mol. The zero-order valence-electron chi connectivity index (χ0n) is 15.9. The molecule has 1 N–H and O–H groups in total. The first kappa shape index (κ1) is 19.4. The van der Waals surface area contributed by atoms with Crippen molar-refractivity contribution in [1.82, 2.24) is 10.2 Å². The van der Waals surface area contributed by atoms with Gasteiger partial charge in [0.2, 0.25) is 10.0 Å². The first-order valence-corrected chi connectivity index (χ1v) is 12.3. The molecule has 3 heterocycles. The molecule has 0 aliphatic carbocycles. The standard InChI is InChI=1S/C20H25N3O3S2/c1-28(25,26)23-11-8-15-13-16(6-7-17(15)23)20(24)21-14-18(19-5-4-12-27-19)22-9-2-3-10-22/h4-7,12-13,18H,2-3,8-11,14H2,1H3,(H,21,24)/t18-/m1/s1. The second-order valence-electron chi connectivity index (χ2n) is 7.41. The highest BCUT2D eigenvalue weighted by Gasteiger charge is 2.28. The Balaban J connectivity index is 1.46. The molecule has 4 rings (SSSR count). The van der Waals surface area contributed by atoms with E-state index in [1.165, 1.54) is 28.3 Å². The summed E-state index contributed by atoms with van der Waals surface area (Å²) in [4.78, 5) is 16.5. The first-order chi connectivity index (χ1) is 13.4. The van der Waals surface area contributed by atoms with E-state index in [4.69, 9.17) is 0 Å². The first-order valence-electron chi connectivity index (χ1n) is 9.60.